The number of phenolic OH excluding ortho intramolecular Hbond substituents is 1. The molecular weight excluding hydrogens is 248 g/mol. The van der Waals surface area contributed by atoms with E-state index < -0.39 is 0 Å². The van der Waals surface area contributed by atoms with E-state index in [-0.39, 0.29) is 17.7 Å². The molecule has 0 saturated carbocycles. The number of hydrogen-bond donors (Lipinski definition) is 3. The normalized spacial score (nSPS) is 19.5. The Morgan fingerprint density at radius 3 is 3.11 bits per heavy atom. The predicted molar refractivity (Wildman–Crippen MR) is 75.2 cm³/mol. The lowest BCUT2D eigenvalue weighted by atomic mass is 10.1. The van der Waals surface area contributed by atoms with Gasteiger partial charge in [-0.1, -0.05) is 13.0 Å². The van der Waals surface area contributed by atoms with Crippen molar-refractivity contribution < 1.29 is 9.90 Å². The van der Waals surface area contributed by atoms with Crippen LogP contribution in [-0.2, 0) is 11.2 Å². The summed E-state index contributed by atoms with van der Waals surface area (Å²) in [4.78, 5) is 12.0. The number of anilines is 1. The van der Waals surface area contributed by atoms with E-state index in [0.717, 1.165) is 30.0 Å². The van der Waals surface area contributed by atoms with E-state index in [9.17, 15) is 9.90 Å². The van der Waals surface area contributed by atoms with Gasteiger partial charge in [-0.25, -0.2) is 0 Å². The monoisotopic (exact) mass is 266 g/mol. The van der Waals surface area contributed by atoms with Crippen molar-refractivity contribution in [2.24, 2.45) is 0 Å². The van der Waals surface area contributed by atoms with Gasteiger partial charge in [0.15, 0.2) is 0 Å². The highest BCUT2D eigenvalue weighted by Crippen LogP contribution is 2.25. The first-order valence-electron chi connectivity index (χ1n) is 6.14. The van der Waals surface area contributed by atoms with E-state index in [1.54, 1.807) is 17.8 Å². The molecule has 1 heterocycles. The van der Waals surface area contributed by atoms with Crippen LogP contribution < -0.4 is 10.6 Å². The maximum absolute atomic E-state index is 12.0. The molecule has 0 radical (unpaired) electrons. The average Bonchev–Trinajstić information content (AvgIpc) is 2.42. The number of carbonyl (C=O) groups is 1. The summed E-state index contributed by atoms with van der Waals surface area (Å²) < 4.78 is 0. The predicted octanol–water partition coefficient (Wildman–Crippen LogP) is 1.60. The molecule has 0 bridgehead atoms. The second-order valence-electron chi connectivity index (χ2n) is 4.28. The van der Waals surface area contributed by atoms with Crippen LogP contribution in [0.15, 0.2) is 18.2 Å². The van der Waals surface area contributed by atoms with E-state index in [1.165, 1.54) is 0 Å². The van der Waals surface area contributed by atoms with Gasteiger partial charge in [-0.3, -0.25) is 4.79 Å². The molecule has 1 aliphatic heterocycles. The maximum Gasteiger partial charge on any atom is 0.242 e. The molecule has 1 fully saturated rings. The lowest BCUT2D eigenvalue weighted by Gasteiger charge is -2.22. The van der Waals surface area contributed by atoms with Gasteiger partial charge in [-0.05, 0) is 24.1 Å². The Morgan fingerprint density at radius 2 is 2.44 bits per heavy atom. The Hall–Kier alpha value is -1.20. The van der Waals surface area contributed by atoms with Crippen molar-refractivity contribution >= 4 is 23.4 Å². The first-order valence-corrected chi connectivity index (χ1v) is 7.30. The molecule has 1 amide bonds. The van der Waals surface area contributed by atoms with Crippen LogP contribution in [0, 0.1) is 0 Å². The first-order chi connectivity index (χ1) is 8.70. The molecular formula is C13H18N2O2S. The zero-order valence-electron chi connectivity index (χ0n) is 10.4. The zero-order valence-corrected chi connectivity index (χ0v) is 11.2. The molecule has 5 heteroatoms. The molecule has 1 saturated heterocycles. The summed E-state index contributed by atoms with van der Waals surface area (Å²) in [5.41, 5.74) is 1.59. The molecule has 4 nitrogen and oxygen atoms in total. The van der Waals surface area contributed by atoms with Crippen LogP contribution in [-0.4, -0.2) is 35.1 Å². The number of carbonyl (C=O) groups excluding carboxylic acids is 1. The number of phenols is 1. The van der Waals surface area contributed by atoms with Gasteiger partial charge in [-0.15, -0.1) is 0 Å². The summed E-state index contributed by atoms with van der Waals surface area (Å²) >= 11 is 1.77. The van der Waals surface area contributed by atoms with Gasteiger partial charge in [0.25, 0.3) is 0 Å². The molecule has 1 aromatic rings. The van der Waals surface area contributed by atoms with Crippen molar-refractivity contribution in [1.29, 1.82) is 0 Å². The molecule has 2 rings (SSSR count). The van der Waals surface area contributed by atoms with E-state index in [1.807, 2.05) is 19.1 Å². The van der Waals surface area contributed by atoms with Crippen LogP contribution in [0.25, 0.3) is 0 Å². The molecule has 0 spiro atoms. The third-order valence-electron chi connectivity index (χ3n) is 2.97. The highest BCUT2D eigenvalue weighted by molar-refractivity contribution is 7.99. The number of aromatic hydroxyl groups is 1. The van der Waals surface area contributed by atoms with Gasteiger partial charge in [0, 0.05) is 18.1 Å². The van der Waals surface area contributed by atoms with E-state index >= 15 is 0 Å². The van der Waals surface area contributed by atoms with E-state index in [4.69, 9.17) is 0 Å². The van der Waals surface area contributed by atoms with Crippen LogP contribution in [0.4, 0.5) is 5.69 Å². The fourth-order valence-electron chi connectivity index (χ4n) is 1.86. The topological polar surface area (TPSA) is 61.4 Å². The fraction of sp³-hybridized carbons (Fsp3) is 0.462. The Kier molecular flexibility index (Phi) is 4.49. The summed E-state index contributed by atoms with van der Waals surface area (Å²) in [6, 6.07) is 5.13. The van der Waals surface area contributed by atoms with Crippen molar-refractivity contribution in [3.63, 3.8) is 0 Å². The molecule has 1 aromatic carbocycles. The third-order valence-corrected chi connectivity index (χ3v) is 4.03. The third kappa shape index (κ3) is 3.17. The van der Waals surface area contributed by atoms with Gasteiger partial charge in [0.1, 0.15) is 5.75 Å². The molecule has 1 atom stereocenters. The molecule has 1 unspecified atom stereocenters. The number of aryl methyl sites for hydroxylation is 1. The molecule has 3 N–H and O–H groups in total. The lowest BCUT2D eigenvalue weighted by Crippen LogP contribution is -2.46. The summed E-state index contributed by atoms with van der Waals surface area (Å²) in [5.74, 6) is 1.86. The molecule has 0 aromatic heterocycles. The quantitative estimate of drug-likeness (QED) is 0.727. The van der Waals surface area contributed by atoms with Crippen LogP contribution in [0.1, 0.15) is 12.5 Å². The summed E-state index contributed by atoms with van der Waals surface area (Å²) in [6.07, 6.45) is 0.876. The summed E-state index contributed by atoms with van der Waals surface area (Å²) in [5, 5.41) is 15.7. The Labute approximate surface area is 111 Å². The van der Waals surface area contributed by atoms with Gasteiger partial charge in [-0.2, -0.15) is 11.8 Å². The fourth-order valence-corrected chi connectivity index (χ4v) is 2.79. The highest BCUT2D eigenvalue weighted by Gasteiger charge is 2.21. The second-order valence-corrected chi connectivity index (χ2v) is 5.43. The van der Waals surface area contributed by atoms with Gasteiger partial charge in [0.2, 0.25) is 5.91 Å². The van der Waals surface area contributed by atoms with Crippen molar-refractivity contribution in [1.82, 2.24) is 5.32 Å². The van der Waals surface area contributed by atoms with Gasteiger partial charge < -0.3 is 15.7 Å². The SMILES string of the molecule is CCc1ccc(O)c(NC(=O)C2CSCCN2)c1. The average molecular weight is 266 g/mol. The molecule has 0 aliphatic carbocycles. The minimum atomic E-state index is -0.173. The standard InChI is InChI=1S/C13H18N2O2S/c1-2-9-3-4-12(16)10(7-9)15-13(17)11-8-18-6-5-14-11/h3-4,7,11,14,16H,2,5-6,8H2,1H3,(H,15,17). The minimum Gasteiger partial charge on any atom is -0.506 e. The number of nitrogens with one attached hydrogen (secondary N) is 2. The smallest absolute Gasteiger partial charge is 0.242 e. The van der Waals surface area contributed by atoms with Gasteiger partial charge in [0.05, 0.1) is 11.7 Å². The van der Waals surface area contributed by atoms with Crippen LogP contribution in [0.3, 0.4) is 0 Å². The van der Waals surface area contributed by atoms with Crippen molar-refractivity contribution in [2.45, 2.75) is 19.4 Å². The number of thioether (sulfide) groups is 1. The van der Waals surface area contributed by atoms with Crippen LogP contribution in [0.2, 0.25) is 0 Å². The second kappa shape index (κ2) is 6.11. The van der Waals surface area contributed by atoms with Crippen molar-refractivity contribution in [3.8, 4) is 5.75 Å². The first kappa shape index (κ1) is 13.2. The summed E-state index contributed by atoms with van der Waals surface area (Å²) in [7, 11) is 0. The number of rotatable bonds is 3. The van der Waals surface area contributed by atoms with E-state index in [0.29, 0.717) is 5.69 Å². The van der Waals surface area contributed by atoms with Crippen LogP contribution >= 0.6 is 11.8 Å². The number of benzene rings is 1. The van der Waals surface area contributed by atoms with Crippen molar-refractivity contribution in [3.05, 3.63) is 23.8 Å². The molecule has 18 heavy (non-hydrogen) atoms. The lowest BCUT2D eigenvalue weighted by molar-refractivity contribution is -0.117. The zero-order chi connectivity index (χ0) is 13.0. The molecule has 1 aliphatic rings. The Morgan fingerprint density at radius 1 is 1.61 bits per heavy atom. The Balaban J connectivity index is 2.05. The van der Waals surface area contributed by atoms with E-state index in [2.05, 4.69) is 10.6 Å². The number of hydrogen-bond acceptors (Lipinski definition) is 4. The largest absolute Gasteiger partial charge is 0.506 e. The van der Waals surface area contributed by atoms with Crippen LogP contribution in [0.5, 0.6) is 5.75 Å². The maximum atomic E-state index is 12.0. The summed E-state index contributed by atoms with van der Waals surface area (Å²) in [6.45, 7) is 2.89. The minimum absolute atomic E-state index is 0.0780. The molecule has 98 valence electrons. The highest BCUT2D eigenvalue weighted by atomic mass is 32.2. The van der Waals surface area contributed by atoms with Crippen molar-refractivity contribution in [2.75, 3.05) is 23.4 Å². The number of amides is 1. The Bertz CT molecular complexity index is 431. The van der Waals surface area contributed by atoms with Gasteiger partial charge >= 0.3 is 0 Å².